The van der Waals surface area contributed by atoms with Gasteiger partial charge in [0.25, 0.3) is 0 Å². The maximum Gasteiger partial charge on any atom is 0.317 e. The van der Waals surface area contributed by atoms with E-state index in [0.717, 1.165) is 24.3 Å². The van der Waals surface area contributed by atoms with Crippen LogP contribution in [0.15, 0.2) is 24.3 Å². The van der Waals surface area contributed by atoms with E-state index in [9.17, 15) is 14.7 Å². The van der Waals surface area contributed by atoms with Crippen molar-refractivity contribution in [2.24, 2.45) is 11.3 Å². The number of methoxy groups -OCH3 is 1. The molecule has 1 aromatic rings. The number of benzene rings is 1. The highest BCUT2D eigenvalue weighted by Crippen LogP contribution is 2.48. The highest BCUT2D eigenvalue weighted by atomic mass is 16.5. The quantitative estimate of drug-likeness (QED) is 0.727. The first kappa shape index (κ1) is 18.4. The number of likely N-dealkylation sites (tertiary alicyclic amines) is 1. The van der Waals surface area contributed by atoms with Gasteiger partial charge in [-0.15, -0.1) is 0 Å². The van der Waals surface area contributed by atoms with Crippen LogP contribution in [0.2, 0.25) is 0 Å². The molecule has 2 amide bonds. The highest BCUT2D eigenvalue weighted by Gasteiger charge is 2.55. The van der Waals surface area contributed by atoms with E-state index in [-0.39, 0.29) is 11.9 Å². The zero-order valence-electron chi connectivity index (χ0n) is 15.1. The van der Waals surface area contributed by atoms with Crippen molar-refractivity contribution in [1.82, 2.24) is 10.2 Å². The molecule has 0 radical (unpaired) electrons. The molecule has 142 valence electrons. The van der Waals surface area contributed by atoms with Crippen molar-refractivity contribution < 1.29 is 24.2 Å². The second-order valence-electron chi connectivity index (χ2n) is 7.04. The molecule has 1 saturated carbocycles. The number of amides is 2. The van der Waals surface area contributed by atoms with Crippen LogP contribution in [-0.2, 0) is 4.79 Å². The van der Waals surface area contributed by atoms with Crippen LogP contribution < -0.4 is 14.8 Å². The molecule has 2 atom stereocenters. The maximum absolute atomic E-state index is 12.3. The van der Waals surface area contributed by atoms with Gasteiger partial charge in [-0.3, -0.25) is 4.79 Å². The minimum Gasteiger partial charge on any atom is -0.497 e. The molecular weight excluding hydrogens is 336 g/mol. The number of rotatable bonds is 7. The summed E-state index contributed by atoms with van der Waals surface area (Å²) >= 11 is 0. The van der Waals surface area contributed by atoms with E-state index in [2.05, 4.69) is 5.32 Å². The first-order valence-corrected chi connectivity index (χ1v) is 9.08. The zero-order valence-corrected chi connectivity index (χ0v) is 15.1. The standard InChI is InChI=1S/C19H26N2O5/c1-25-15-6-2-7-16(11-15)26-10-4-9-20-18(24)21-12-14-5-3-8-19(14,13-21)17(22)23/h2,6-7,11,14H,3-5,8-10,12-13H2,1H3,(H,20,24)(H,22,23)/t14-,19+/m0/s1. The van der Waals surface area contributed by atoms with Crippen LogP contribution in [0.1, 0.15) is 25.7 Å². The molecule has 7 nitrogen and oxygen atoms in total. The molecular formula is C19H26N2O5. The van der Waals surface area contributed by atoms with Crippen LogP contribution in [0, 0.1) is 11.3 Å². The molecule has 2 N–H and O–H groups in total. The second kappa shape index (κ2) is 7.85. The number of ether oxygens (including phenoxy) is 2. The number of urea groups is 1. The van der Waals surface area contributed by atoms with Crippen LogP contribution in [0.3, 0.4) is 0 Å². The van der Waals surface area contributed by atoms with E-state index in [1.54, 1.807) is 12.0 Å². The van der Waals surface area contributed by atoms with Crippen molar-refractivity contribution in [3.05, 3.63) is 24.3 Å². The van der Waals surface area contributed by atoms with Crippen molar-refractivity contribution in [1.29, 1.82) is 0 Å². The zero-order chi connectivity index (χ0) is 18.6. The normalized spacial score (nSPS) is 24.2. The first-order chi connectivity index (χ1) is 12.5. The predicted octanol–water partition coefficient (Wildman–Crippen LogP) is 2.36. The van der Waals surface area contributed by atoms with E-state index in [1.807, 2.05) is 24.3 Å². The summed E-state index contributed by atoms with van der Waals surface area (Å²) in [6, 6.07) is 7.20. The summed E-state index contributed by atoms with van der Waals surface area (Å²) in [6.45, 7) is 1.83. The number of hydrogen-bond donors (Lipinski definition) is 2. The lowest BCUT2D eigenvalue weighted by Crippen LogP contribution is -2.42. The monoisotopic (exact) mass is 362 g/mol. The molecule has 1 saturated heterocycles. The Kier molecular flexibility index (Phi) is 5.54. The molecule has 1 aliphatic carbocycles. The third-order valence-electron chi connectivity index (χ3n) is 5.49. The molecule has 0 bridgehead atoms. The summed E-state index contributed by atoms with van der Waals surface area (Å²) in [4.78, 5) is 25.6. The van der Waals surface area contributed by atoms with Crippen molar-refractivity contribution >= 4 is 12.0 Å². The highest BCUT2D eigenvalue weighted by molar-refractivity contribution is 5.80. The first-order valence-electron chi connectivity index (χ1n) is 9.08. The lowest BCUT2D eigenvalue weighted by atomic mass is 9.81. The minimum atomic E-state index is -0.762. The molecule has 26 heavy (non-hydrogen) atoms. The Morgan fingerprint density at radius 2 is 2.19 bits per heavy atom. The lowest BCUT2D eigenvalue weighted by molar-refractivity contribution is -0.149. The number of aliphatic carboxylic acids is 1. The van der Waals surface area contributed by atoms with Crippen LogP contribution in [-0.4, -0.2) is 55.4 Å². The van der Waals surface area contributed by atoms with Gasteiger partial charge in [-0.2, -0.15) is 0 Å². The smallest absolute Gasteiger partial charge is 0.317 e. The largest absolute Gasteiger partial charge is 0.497 e. The van der Waals surface area contributed by atoms with Gasteiger partial charge in [-0.25, -0.2) is 4.79 Å². The Morgan fingerprint density at radius 3 is 2.92 bits per heavy atom. The molecule has 2 aliphatic rings. The molecule has 1 aliphatic heterocycles. The number of carbonyl (C=O) groups is 2. The van der Waals surface area contributed by atoms with Crippen LogP contribution in [0.5, 0.6) is 11.5 Å². The fraction of sp³-hybridized carbons (Fsp3) is 0.579. The summed E-state index contributed by atoms with van der Waals surface area (Å²) in [5.74, 6) is 0.790. The summed E-state index contributed by atoms with van der Waals surface area (Å²) in [5, 5.41) is 12.4. The summed E-state index contributed by atoms with van der Waals surface area (Å²) in [7, 11) is 1.61. The molecule has 0 spiro atoms. The molecule has 2 fully saturated rings. The molecule has 3 rings (SSSR count). The fourth-order valence-electron chi connectivity index (χ4n) is 4.05. The van der Waals surface area contributed by atoms with Gasteiger partial charge in [0, 0.05) is 25.7 Å². The Labute approximate surface area is 153 Å². The maximum atomic E-state index is 12.3. The molecule has 1 aromatic carbocycles. The predicted molar refractivity (Wildman–Crippen MR) is 95.5 cm³/mol. The van der Waals surface area contributed by atoms with Gasteiger partial charge in [0.15, 0.2) is 0 Å². The van der Waals surface area contributed by atoms with Gasteiger partial charge >= 0.3 is 12.0 Å². The third kappa shape index (κ3) is 3.71. The summed E-state index contributed by atoms with van der Waals surface area (Å²) in [6.07, 6.45) is 3.17. The summed E-state index contributed by atoms with van der Waals surface area (Å²) in [5.41, 5.74) is -0.729. The van der Waals surface area contributed by atoms with Crippen LogP contribution in [0.4, 0.5) is 4.79 Å². The van der Waals surface area contributed by atoms with Gasteiger partial charge in [-0.1, -0.05) is 12.5 Å². The van der Waals surface area contributed by atoms with Gasteiger partial charge in [0.05, 0.1) is 19.1 Å². The lowest BCUT2D eigenvalue weighted by Gasteiger charge is -2.23. The Bertz CT molecular complexity index is 665. The number of carboxylic acids is 1. The van der Waals surface area contributed by atoms with Crippen molar-refractivity contribution in [3.8, 4) is 11.5 Å². The van der Waals surface area contributed by atoms with E-state index < -0.39 is 11.4 Å². The average Bonchev–Trinajstić information content (AvgIpc) is 3.20. The van der Waals surface area contributed by atoms with Crippen molar-refractivity contribution in [2.75, 3.05) is 33.4 Å². The van der Waals surface area contributed by atoms with E-state index in [0.29, 0.717) is 39.1 Å². The Morgan fingerprint density at radius 1 is 1.38 bits per heavy atom. The number of nitrogens with zero attached hydrogens (tertiary/aromatic N) is 1. The van der Waals surface area contributed by atoms with Gasteiger partial charge in [0.2, 0.25) is 0 Å². The van der Waals surface area contributed by atoms with Crippen molar-refractivity contribution in [2.45, 2.75) is 25.7 Å². The molecule has 0 aromatic heterocycles. The topological polar surface area (TPSA) is 88.1 Å². The number of nitrogens with one attached hydrogen (secondary N) is 1. The van der Waals surface area contributed by atoms with E-state index >= 15 is 0 Å². The average molecular weight is 362 g/mol. The second-order valence-corrected chi connectivity index (χ2v) is 7.04. The van der Waals surface area contributed by atoms with Gasteiger partial charge in [-0.05, 0) is 37.3 Å². The van der Waals surface area contributed by atoms with Gasteiger partial charge < -0.3 is 24.8 Å². The summed E-state index contributed by atoms with van der Waals surface area (Å²) < 4.78 is 10.8. The van der Waals surface area contributed by atoms with E-state index in [1.165, 1.54) is 0 Å². The molecule has 1 heterocycles. The SMILES string of the molecule is COc1cccc(OCCCNC(=O)N2C[C@@H]3CCC[C@@]3(C(=O)O)C2)c1. The van der Waals surface area contributed by atoms with Gasteiger partial charge in [0.1, 0.15) is 11.5 Å². The number of carboxylic acid groups (broad SMARTS) is 1. The Balaban J connectivity index is 1.39. The van der Waals surface area contributed by atoms with E-state index in [4.69, 9.17) is 9.47 Å². The number of hydrogen-bond acceptors (Lipinski definition) is 4. The molecule has 7 heteroatoms. The number of fused-ring (bicyclic) bond motifs is 1. The number of carbonyl (C=O) groups excluding carboxylic acids is 1. The third-order valence-corrected chi connectivity index (χ3v) is 5.49. The minimum absolute atomic E-state index is 0.0853. The van der Waals surface area contributed by atoms with Crippen molar-refractivity contribution in [3.63, 3.8) is 0 Å². The fourth-order valence-corrected chi connectivity index (χ4v) is 4.05. The molecule has 0 unspecified atom stereocenters. The van der Waals surface area contributed by atoms with Crippen LogP contribution in [0.25, 0.3) is 0 Å². The van der Waals surface area contributed by atoms with Crippen LogP contribution >= 0.6 is 0 Å². The Hall–Kier alpha value is -2.44.